The number of hydrogen-bond acceptors (Lipinski definition) is 2. The van der Waals surface area contributed by atoms with Crippen molar-refractivity contribution >= 4 is 6.09 Å². The highest BCUT2D eigenvalue weighted by atomic mass is 19.1. The summed E-state index contributed by atoms with van der Waals surface area (Å²) < 4.78 is 13.0. The molecule has 0 aliphatic heterocycles. The molecule has 6 heteroatoms. The number of benzene rings is 2. The number of carboxylic acid groups (broad SMARTS) is 1. The van der Waals surface area contributed by atoms with Crippen LogP contribution in [0, 0.1) is 5.82 Å². The molecular weight excluding hydrogens is 309 g/mol. The smallest absolute Gasteiger partial charge is 0.404 e. The molecule has 2 aromatic carbocycles. The van der Waals surface area contributed by atoms with Gasteiger partial charge in [0.1, 0.15) is 11.6 Å². The Morgan fingerprint density at radius 1 is 1.04 bits per heavy atom. The average molecular weight is 325 g/mol. The number of H-pyrrole nitrogens is 1. The van der Waals surface area contributed by atoms with Crippen molar-refractivity contribution in [2.45, 2.75) is 6.42 Å². The average Bonchev–Trinajstić information content (AvgIpc) is 3.04. The van der Waals surface area contributed by atoms with E-state index in [1.165, 1.54) is 12.1 Å². The molecule has 3 N–H and O–H groups in total. The summed E-state index contributed by atoms with van der Waals surface area (Å²) in [5.74, 6) is 0.471. The standard InChI is InChI=1S/C18H16FN3O2/c19-15-7-5-13(6-8-15)12-1-3-14(4-2-12)16-11-21-17(22-16)9-10-20-18(23)24/h1-8,11,20H,9-10H2,(H,21,22)(H,23,24). The van der Waals surface area contributed by atoms with E-state index in [1.54, 1.807) is 18.3 Å². The number of aromatic amines is 1. The highest BCUT2D eigenvalue weighted by Crippen LogP contribution is 2.24. The summed E-state index contributed by atoms with van der Waals surface area (Å²) in [7, 11) is 0. The third kappa shape index (κ3) is 3.78. The lowest BCUT2D eigenvalue weighted by atomic mass is 10.0. The van der Waals surface area contributed by atoms with Crippen molar-refractivity contribution < 1.29 is 14.3 Å². The number of halogens is 1. The summed E-state index contributed by atoms with van der Waals surface area (Å²) in [6, 6.07) is 14.2. The third-order valence-electron chi connectivity index (χ3n) is 3.64. The van der Waals surface area contributed by atoms with Crippen LogP contribution in [0.25, 0.3) is 22.4 Å². The molecule has 0 bridgehead atoms. The van der Waals surface area contributed by atoms with Gasteiger partial charge in [0, 0.05) is 13.0 Å². The highest BCUT2D eigenvalue weighted by Gasteiger charge is 2.05. The molecule has 0 spiro atoms. The highest BCUT2D eigenvalue weighted by molar-refractivity contribution is 5.68. The second kappa shape index (κ2) is 6.95. The lowest BCUT2D eigenvalue weighted by Gasteiger charge is -2.03. The van der Waals surface area contributed by atoms with E-state index in [1.807, 2.05) is 24.3 Å². The Hall–Kier alpha value is -3.15. The quantitative estimate of drug-likeness (QED) is 0.669. The third-order valence-corrected chi connectivity index (χ3v) is 3.64. The predicted molar refractivity (Wildman–Crippen MR) is 89.1 cm³/mol. The van der Waals surface area contributed by atoms with E-state index >= 15 is 0 Å². The molecule has 0 aliphatic carbocycles. The largest absolute Gasteiger partial charge is 0.465 e. The van der Waals surface area contributed by atoms with E-state index in [0.29, 0.717) is 13.0 Å². The van der Waals surface area contributed by atoms with Gasteiger partial charge < -0.3 is 15.4 Å². The van der Waals surface area contributed by atoms with Gasteiger partial charge in [0.15, 0.2) is 0 Å². The van der Waals surface area contributed by atoms with Crippen LogP contribution in [0.5, 0.6) is 0 Å². The lowest BCUT2D eigenvalue weighted by Crippen LogP contribution is -2.23. The van der Waals surface area contributed by atoms with Gasteiger partial charge in [0.05, 0.1) is 11.9 Å². The minimum atomic E-state index is -1.04. The number of amides is 1. The molecule has 1 heterocycles. The van der Waals surface area contributed by atoms with E-state index in [4.69, 9.17) is 5.11 Å². The molecular formula is C18H16FN3O2. The van der Waals surface area contributed by atoms with Gasteiger partial charge in [-0.05, 0) is 28.8 Å². The first-order valence-corrected chi connectivity index (χ1v) is 7.49. The summed E-state index contributed by atoms with van der Waals surface area (Å²) in [6.07, 6.45) is 1.18. The van der Waals surface area contributed by atoms with Gasteiger partial charge >= 0.3 is 6.09 Å². The fourth-order valence-electron chi connectivity index (χ4n) is 2.41. The molecule has 3 rings (SSSR count). The van der Waals surface area contributed by atoms with Crippen molar-refractivity contribution in [1.29, 1.82) is 0 Å². The van der Waals surface area contributed by atoms with Gasteiger partial charge in [-0.15, -0.1) is 0 Å². The summed E-state index contributed by atoms with van der Waals surface area (Å²) in [5, 5.41) is 10.8. The summed E-state index contributed by atoms with van der Waals surface area (Å²) >= 11 is 0. The minimum Gasteiger partial charge on any atom is -0.465 e. The number of hydrogen-bond donors (Lipinski definition) is 3. The molecule has 0 atom stereocenters. The maximum absolute atomic E-state index is 13.0. The van der Waals surface area contributed by atoms with Gasteiger partial charge in [0.2, 0.25) is 0 Å². The van der Waals surface area contributed by atoms with Crippen LogP contribution in [-0.4, -0.2) is 27.7 Å². The summed E-state index contributed by atoms with van der Waals surface area (Å²) in [4.78, 5) is 17.8. The van der Waals surface area contributed by atoms with Crippen LogP contribution in [-0.2, 0) is 6.42 Å². The van der Waals surface area contributed by atoms with Crippen molar-refractivity contribution in [2.75, 3.05) is 6.54 Å². The second-order valence-corrected chi connectivity index (χ2v) is 5.31. The Labute approximate surface area is 138 Å². The molecule has 0 saturated carbocycles. The van der Waals surface area contributed by atoms with Crippen LogP contribution in [0.2, 0.25) is 0 Å². The second-order valence-electron chi connectivity index (χ2n) is 5.31. The zero-order chi connectivity index (χ0) is 16.9. The van der Waals surface area contributed by atoms with Crippen LogP contribution < -0.4 is 5.32 Å². The molecule has 0 unspecified atom stereocenters. The van der Waals surface area contributed by atoms with Crippen LogP contribution in [0.15, 0.2) is 54.7 Å². The molecule has 1 aromatic heterocycles. The van der Waals surface area contributed by atoms with Gasteiger partial charge in [-0.3, -0.25) is 0 Å². The maximum Gasteiger partial charge on any atom is 0.404 e. The number of aromatic nitrogens is 2. The number of nitrogens with zero attached hydrogens (tertiary/aromatic N) is 1. The zero-order valence-corrected chi connectivity index (χ0v) is 12.8. The topological polar surface area (TPSA) is 78.0 Å². The van der Waals surface area contributed by atoms with E-state index in [2.05, 4.69) is 15.3 Å². The molecule has 0 radical (unpaired) electrons. The van der Waals surface area contributed by atoms with Gasteiger partial charge in [-0.25, -0.2) is 14.2 Å². The summed E-state index contributed by atoms with van der Waals surface area (Å²) in [6.45, 7) is 0.311. The Balaban J connectivity index is 1.70. The van der Waals surface area contributed by atoms with E-state index < -0.39 is 6.09 Å². The van der Waals surface area contributed by atoms with Crippen LogP contribution in [0.4, 0.5) is 9.18 Å². The van der Waals surface area contributed by atoms with Crippen LogP contribution in [0.3, 0.4) is 0 Å². The summed E-state index contributed by atoms with van der Waals surface area (Å²) in [5.41, 5.74) is 3.80. The Kier molecular flexibility index (Phi) is 4.56. The van der Waals surface area contributed by atoms with E-state index in [0.717, 1.165) is 28.2 Å². The molecule has 3 aromatic rings. The van der Waals surface area contributed by atoms with Crippen LogP contribution >= 0.6 is 0 Å². The van der Waals surface area contributed by atoms with E-state index in [-0.39, 0.29) is 5.82 Å². The van der Waals surface area contributed by atoms with Crippen molar-refractivity contribution in [3.63, 3.8) is 0 Å². The molecule has 5 nitrogen and oxygen atoms in total. The van der Waals surface area contributed by atoms with Crippen molar-refractivity contribution in [3.05, 3.63) is 66.4 Å². The van der Waals surface area contributed by atoms with Gasteiger partial charge in [-0.1, -0.05) is 36.4 Å². The first-order valence-electron chi connectivity index (χ1n) is 7.49. The Bertz CT molecular complexity index is 826. The fourth-order valence-corrected chi connectivity index (χ4v) is 2.41. The molecule has 0 saturated heterocycles. The maximum atomic E-state index is 13.0. The molecule has 0 fully saturated rings. The minimum absolute atomic E-state index is 0.252. The SMILES string of the molecule is O=C(O)NCCc1ncc(-c2ccc(-c3ccc(F)cc3)cc2)[nH]1. The van der Waals surface area contributed by atoms with E-state index in [9.17, 15) is 9.18 Å². The number of imidazole rings is 1. The first-order chi connectivity index (χ1) is 11.6. The van der Waals surface area contributed by atoms with Crippen LogP contribution in [0.1, 0.15) is 5.82 Å². The van der Waals surface area contributed by atoms with Crippen molar-refractivity contribution in [1.82, 2.24) is 15.3 Å². The first kappa shape index (κ1) is 15.7. The normalized spacial score (nSPS) is 10.5. The molecule has 24 heavy (non-hydrogen) atoms. The van der Waals surface area contributed by atoms with Crippen molar-refractivity contribution in [3.8, 4) is 22.4 Å². The Morgan fingerprint density at radius 2 is 1.62 bits per heavy atom. The van der Waals surface area contributed by atoms with Crippen molar-refractivity contribution in [2.24, 2.45) is 0 Å². The molecule has 1 amide bonds. The van der Waals surface area contributed by atoms with Gasteiger partial charge in [0.25, 0.3) is 0 Å². The predicted octanol–water partition coefficient (Wildman–Crippen LogP) is 3.69. The fraction of sp³-hybridized carbons (Fsp3) is 0.111. The monoisotopic (exact) mass is 325 g/mol. The lowest BCUT2D eigenvalue weighted by molar-refractivity contribution is 0.194. The number of carbonyl (C=O) groups is 1. The Morgan fingerprint density at radius 3 is 2.25 bits per heavy atom. The molecule has 0 aliphatic rings. The van der Waals surface area contributed by atoms with Gasteiger partial charge in [-0.2, -0.15) is 0 Å². The zero-order valence-electron chi connectivity index (χ0n) is 12.8. The number of rotatable bonds is 5. The number of nitrogens with one attached hydrogen (secondary N) is 2. The molecule has 122 valence electrons.